The van der Waals surface area contributed by atoms with E-state index in [4.69, 9.17) is 4.74 Å². The van der Waals surface area contributed by atoms with Gasteiger partial charge in [0.1, 0.15) is 17.7 Å². The lowest BCUT2D eigenvalue weighted by Gasteiger charge is -2.15. The van der Waals surface area contributed by atoms with E-state index in [2.05, 4.69) is 15.9 Å². The number of rotatable bonds is 3. The molecule has 2 aromatic rings. The maximum Gasteiger partial charge on any atom is 0.165 e. The van der Waals surface area contributed by atoms with Crippen LogP contribution < -0.4 is 4.74 Å². The molecule has 20 heavy (non-hydrogen) atoms. The molecule has 1 atom stereocenters. The van der Waals surface area contributed by atoms with E-state index < -0.39 is 29.1 Å². The van der Waals surface area contributed by atoms with Crippen molar-refractivity contribution in [2.45, 2.75) is 6.10 Å². The van der Waals surface area contributed by atoms with Gasteiger partial charge in [0, 0.05) is 0 Å². The van der Waals surface area contributed by atoms with Gasteiger partial charge in [0.2, 0.25) is 0 Å². The second kappa shape index (κ2) is 5.85. The predicted octanol–water partition coefficient (Wildman–Crippen LogP) is 3.96. The fourth-order valence-electron chi connectivity index (χ4n) is 1.81. The van der Waals surface area contributed by atoms with Crippen LogP contribution in [-0.2, 0) is 0 Å². The first-order chi connectivity index (χ1) is 9.45. The van der Waals surface area contributed by atoms with Crippen LogP contribution in [0.2, 0.25) is 0 Å². The number of hydrogen-bond acceptors (Lipinski definition) is 2. The van der Waals surface area contributed by atoms with Crippen molar-refractivity contribution in [1.29, 1.82) is 0 Å². The SMILES string of the molecule is COc1cc(C(O)c2c(F)ccc(Br)c2F)ccc1F. The Morgan fingerprint density at radius 2 is 1.75 bits per heavy atom. The monoisotopic (exact) mass is 346 g/mol. The van der Waals surface area contributed by atoms with Gasteiger partial charge in [-0.3, -0.25) is 0 Å². The molecule has 0 aliphatic heterocycles. The number of hydrogen-bond donors (Lipinski definition) is 1. The van der Waals surface area contributed by atoms with Crippen LogP contribution in [0.1, 0.15) is 17.2 Å². The summed E-state index contributed by atoms with van der Waals surface area (Å²) in [6.07, 6.45) is -1.57. The normalized spacial score (nSPS) is 12.3. The lowest BCUT2D eigenvalue weighted by atomic mass is 10.00. The number of ether oxygens (including phenoxy) is 1. The molecule has 1 unspecified atom stereocenters. The predicted molar refractivity (Wildman–Crippen MR) is 71.1 cm³/mol. The average Bonchev–Trinajstić information content (AvgIpc) is 2.43. The summed E-state index contributed by atoms with van der Waals surface area (Å²) in [6, 6.07) is 5.73. The Balaban J connectivity index is 2.51. The van der Waals surface area contributed by atoms with Crippen LogP contribution in [0.15, 0.2) is 34.8 Å². The Morgan fingerprint density at radius 1 is 1.10 bits per heavy atom. The van der Waals surface area contributed by atoms with E-state index in [0.717, 1.165) is 12.1 Å². The number of aliphatic hydroxyl groups is 1. The van der Waals surface area contributed by atoms with E-state index in [1.807, 2.05) is 0 Å². The largest absolute Gasteiger partial charge is 0.494 e. The molecule has 2 nitrogen and oxygen atoms in total. The minimum Gasteiger partial charge on any atom is -0.494 e. The Labute approximate surface area is 121 Å². The van der Waals surface area contributed by atoms with Gasteiger partial charge in [-0.15, -0.1) is 0 Å². The zero-order valence-electron chi connectivity index (χ0n) is 10.3. The molecule has 106 valence electrons. The maximum absolute atomic E-state index is 13.9. The molecule has 0 amide bonds. The van der Waals surface area contributed by atoms with Crippen molar-refractivity contribution in [3.05, 3.63) is 63.4 Å². The second-order valence-electron chi connectivity index (χ2n) is 4.05. The molecular formula is C14H10BrF3O2. The third-order valence-electron chi connectivity index (χ3n) is 2.84. The topological polar surface area (TPSA) is 29.5 Å². The summed E-state index contributed by atoms with van der Waals surface area (Å²) >= 11 is 2.92. The van der Waals surface area contributed by atoms with Crippen LogP contribution in [0.4, 0.5) is 13.2 Å². The standard InChI is InChI=1S/C14H10BrF3O2/c1-20-11-6-7(2-4-9(11)16)14(19)12-10(17)5-3-8(15)13(12)18/h2-6,14,19H,1H3. The van der Waals surface area contributed by atoms with E-state index >= 15 is 0 Å². The summed E-state index contributed by atoms with van der Waals surface area (Å²) in [6.45, 7) is 0. The van der Waals surface area contributed by atoms with Crippen LogP contribution >= 0.6 is 15.9 Å². The molecule has 0 spiro atoms. The van der Waals surface area contributed by atoms with Crippen molar-refractivity contribution in [1.82, 2.24) is 0 Å². The molecule has 2 rings (SSSR count). The van der Waals surface area contributed by atoms with Crippen molar-refractivity contribution in [3.63, 3.8) is 0 Å². The van der Waals surface area contributed by atoms with Crippen molar-refractivity contribution < 1.29 is 23.0 Å². The van der Waals surface area contributed by atoms with Crippen LogP contribution in [0.5, 0.6) is 5.75 Å². The fraction of sp³-hybridized carbons (Fsp3) is 0.143. The minimum atomic E-state index is -1.57. The van der Waals surface area contributed by atoms with Crippen molar-refractivity contribution >= 4 is 15.9 Å². The highest BCUT2D eigenvalue weighted by molar-refractivity contribution is 9.10. The van der Waals surface area contributed by atoms with Gasteiger partial charge in [-0.25, -0.2) is 13.2 Å². The fourth-order valence-corrected chi connectivity index (χ4v) is 2.15. The molecule has 0 heterocycles. The van der Waals surface area contributed by atoms with Gasteiger partial charge in [0.25, 0.3) is 0 Å². The number of halogens is 4. The van der Waals surface area contributed by atoms with Gasteiger partial charge < -0.3 is 9.84 Å². The summed E-state index contributed by atoms with van der Waals surface area (Å²) in [5, 5.41) is 10.1. The molecular weight excluding hydrogens is 337 g/mol. The Bertz CT molecular complexity index is 647. The van der Waals surface area contributed by atoms with Gasteiger partial charge >= 0.3 is 0 Å². The first-order valence-corrected chi connectivity index (χ1v) is 6.40. The molecule has 0 aliphatic carbocycles. The highest BCUT2D eigenvalue weighted by atomic mass is 79.9. The number of aliphatic hydroxyl groups excluding tert-OH is 1. The van der Waals surface area contributed by atoms with E-state index in [1.54, 1.807) is 0 Å². The molecule has 6 heteroatoms. The molecule has 2 aromatic carbocycles. The lowest BCUT2D eigenvalue weighted by molar-refractivity contribution is 0.208. The summed E-state index contributed by atoms with van der Waals surface area (Å²) in [5.41, 5.74) is -0.382. The Hall–Kier alpha value is -1.53. The van der Waals surface area contributed by atoms with E-state index in [-0.39, 0.29) is 15.8 Å². The average molecular weight is 347 g/mol. The van der Waals surface area contributed by atoms with E-state index in [9.17, 15) is 18.3 Å². The van der Waals surface area contributed by atoms with E-state index in [0.29, 0.717) is 0 Å². The van der Waals surface area contributed by atoms with Gasteiger partial charge in [-0.1, -0.05) is 6.07 Å². The van der Waals surface area contributed by atoms with Crippen LogP contribution in [0.3, 0.4) is 0 Å². The first-order valence-electron chi connectivity index (χ1n) is 5.60. The van der Waals surface area contributed by atoms with Crippen molar-refractivity contribution in [3.8, 4) is 5.75 Å². The first kappa shape index (κ1) is 14.9. The van der Waals surface area contributed by atoms with Crippen molar-refractivity contribution in [2.24, 2.45) is 0 Å². The Kier molecular flexibility index (Phi) is 4.35. The molecule has 0 saturated carbocycles. The molecule has 0 aromatic heterocycles. The molecule has 0 aliphatic rings. The number of methoxy groups -OCH3 is 1. The maximum atomic E-state index is 13.9. The Morgan fingerprint density at radius 3 is 2.40 bits per heavy atom. The van der Waals surface area contributed by atoms with Crippen LogP contribution in [-0.4, -0.2) is 12.2 Å². The zero-order valence-corrected chi connectivity index (χ0v) is 11.9. The van der Waals surface area contributed by atoms with Gasteiger partial charge in [0.05, 0.1) is 17.1 Å². The summed E-state index contributed by atoms with van der Waals surface area (Å²) in [4.78, 5) is 0. The van der Waals surface area contributed by atoms with Gasteiger partial charge in [-0.05, 0) is 45.8 Å². The van der Waals surface area contributed by atoms with Crippen LogP contribution in [0, 0.1) is 17.5 Å². The lowest BCUT2D eigenvalue weighted by Crippen LogP contribution is -2.07. The molecule has 0 saturated heterocycles. The third-order valence-corrected chi connectivity index (χ3v) is 3.46. The summed E-state index contributed by atoms with van der Waals surface area (Å²) < 4.78 is 45.7. The van der Waals surface area contributed by atoms with Crippen LogP contribution in [0.25, 0.3) is 0 Å². The second-order valence-corrected chi connectivity index (χ2v) is 4.91. The molecule has 0 fully saturated rings. The minimum absolute atomic E-state index is 0.0297. The van der Waals surface area contributed by atoms with E-state index in [1.165, 1.54) is 25.3 Å². The molecule has 0 bridgehead atoms. The zero-order chi connectivity index (χ0) is 14.9. The highest BCUT2D eigenvalue weighted by Gasteiger charge is 2.22. The van der Waals surface area contributed by atoms with Gasteiger partial charge in [0.15, 0.2) is 11.6 Å². The van der Waals surface area contributed by atoms with Gasteiger partial charge in [-0.2, -0.15) is 0 Å². The summed E-state index contributed by atoms with van der Waals surface area (Å²) in [5.74, 6) is -2.53. The molecule has 1 N–H and O–H groups in total. The molecule has 0 radical (unpaired) electrons. The van der Waals surface area contributed by atoms with Crippen molar-refractivity contribution in [2.75, 3.05) is 7.11 Å². The highest BCUT2D eigenvalue weighted by Crippen LogP contribution is 2.32. The smallest absolute Gasteiger partial charge is 0.165 e. The summed E-state index contributed by atoms with van der Waals surface area (Å²) in [7, 11) is 1.26. The number of benzene rings is 2. The quantitative estimate of drug-likeness (QED) is 0.852. The third kappa shape index (κ3) is 2.66.